The summed E-state index contributed by atoms with van der Waals surface area (Å²) >= 11 is 6.02. The predicted octanol–water partition coefficient (Wildman–Crippen LogP) is 5.17. The number of fused-ring (bicyclic) bond motifs is 2. The molecule has 3 atom stereocenters. The molecule has 2 aromatic rings. The predicted molar refractivity (Wildman–Crippen MR) is 94.6 cm³/mol. The van der Waals surface area contributed by atoms with Gasteiger partial charge in [0, 0.05) is 10.4 Å². The number of nitrogens with zero attached hydrogens (tertiary/aromatic N) is 2. The highest BCUT2D eigenvalue weighted by Gasteiger charge is 2.61. The van der Waals surface area contributed by atoms with Crippen molar-refractivity contribution in [3.8, 4) is 12.1 Å². The van der Waals surface area contributed by atoms with E-state index in [9.17, 15) is 10.5 Å². The summed E-state index contributed by atoms with van der Waals surface area (Å²) in [4.78, 5) is 0. The van der Waals surface area contributed by atoms with Gasteiger partial charge in [0.2, 0.25) is 0 Å². The van der Waals surface area contributed by atoms with Crippen molar-refractivity contribution in [1.29, 1.82) is 10.5 Å². The van der Waals surface area contributed by atoms with E-state index in [0.717, 1.165) is 22.6 Å². The molecule has 24 heavy (non-hydrogen) atoms. The molecule has 1 fully saturated rings. The van der Waals surface area contributed by atoms with Crippen molar-refractivity contribution < 1.29 is 0 Å². The fourth-order valence-electron chi connectivity index (χ4n) is 4.29. The topological polar surface area (TPSA) is 47.6 Å². The molecule has 1 spiro atoms. The Kier molecular flexibility index (Phi) is 3.27. The van der Waals surface area contributed by atoms with E-state index >= 15 is 0 Å². The SMILES string of the molecule is C[C@@H]1C=Cc2c(C#N)ccc(C#N)c2[C@@]12CC2c1ccc(Cl)cc1. The van der Waals surface area contributed by atoms with Gasteiger partial charge in [0.25, 0.3) is 0 Å². The van der Waals surface area contributed by atoms with Crippen LogP contribution in [0.15, 0.2) is 42.5 Å². The maximum Gasteiger partial charge on any atom is 0.0998 e. The first-order chi connectivity index (χ1) is 11.6. The molecule has 2 aliphatic rings. The van der Waals surface area contributed by atoms with E-state index in [1.165, 1.54) is 5.56 Å². The third kappa shape index (κ3) is 1.94. The zero-order chi connectivity index (χ0) is 16.9. The van der Waals surface area contributed by atoms with E-state index in [1.807, 2.05) is 18.2 Å². The molecule has 2 aromatic carbocycles. The number of allylic oxidation sites excluding steroid dienone is 1. The highest BCUT2D eigenvalue weighted by molar-refractivity contribution is 6.30. The number of hydrogen-bond donors (Lipinski definition) is 0. The number of hydrogen-bond acceptors (Lipinski definition) is 2. The third-order valence-corrected chi connectivity index (χ3v) is 5.84. The van der Waals surface area contributed by atoms with Gasteiger partial charge in [-0.25, -0.2) is 0 Å². The molecule has 0 radical (unpaired) electrons. The van der Waals surface area contributed by atoms with Crippen molar-refractivity contribution in [2.75, 3.05) is 0 Å². The Morgan fingerprint density at radius 3 is 2.38 bits per heavy atom. The highest BCUT2D eigenvalue weighted by Crippen LogP contribution is 2.67. The Balaban J connectivity index is 1.91. The van der Waals surface area contributed by atoms with Gasteiger partial charge in [-0.15, -0.1) is 0 Å². The van der Waals surface area contributed by atoms with Crippen molar-refractivity contribution in [3.63, 3.8) is 0 Å². The van der Waals surface area contributed by atoms with Crippen LogP contribution in [-0.4, -0.2) is 0 Å². The second-order valence-corrected chi connectivity index (χ2v) is 7.11. The van der Waals surface area contributed by atoms with E-state index in [1.54, 1.807) is 12.1 Å². The van der Waals surface area contributed by atoms with Crippen LogP contribution in [0.25, 0.3) is 6.08 Å². The molecule has 0 bridgehead atoms. The summed E-state index contributed by atoms with van der Waals surface area (Å²) in [6.45, 7) is 2.20. The first-order valence-electron chi connectivity index (χ1n) is 8.03. The smallest absolute Gasteiger partial charge is 0.0998 e. The lowest BCUT2D eigenvalue weighted by Gasteiger charge is -2.30. The standard InChI is InChI=1S/C21H15ClN2/c1-13-2-9-18-15(11-23)3-4-16(12-24)20(18)21(13)10-19(21)14-5-7-17(22)8-6-14/h2-9,13,19H,10H2,1H3/t13-,19?,21+/m1/s1. The molecule has 1 unspecified atom stereocenters. The maximum absolute atomic E-state index is 9.62. The van der Waals surface area contributed by atoms with Crippen LogP contribution in [0, 0.1) is 28.6 Å². The second kappa shape index (κ2) is 5.23. The van der Waals surface area contributed by atoms with Gasteiger partial charge in [-0.05, 0) is 59.2 Å². The van der Waals surface area contributed by atoms with Gasteiger partial charge >= 0.3 is 0 Å². The molecule has 0 aliphatic heterocycles. The molecular formula is C21H15ClN2. The zero-order valence-electron chi connectivity index (χ0n) is 13.3. The third-order valence-electron chi connectivity index (χ3n) is 5.59. The average Bonchev–Trinajstić information content (AvgIpc) is 3.34. The van der Waals surface area contributed by atoms with Crippen LogP contribution in [-0.2, 0) is 5.41 Å². The molecule has 0 saturated heterocycles. The van der Waals surface area contributed by atoms with Crippen LogP contribution in [0.1, 0.15) is 47.1 Å². The van der Waals surface area contributed by atoms with Crippen LogP contribution in [0.2, 0.25) is 5.02 Å². The van der Waals surface area contributed by atoms with Gasteiger partial charge in [-0.1, -0.05) is 42.8 Å². The maximum atomic E-state index is 9.62. The van der Waals surface area contributed by atoms with Crippen molar-refractivity contribution >= 4 is 17.7 Å². The summed E-state index contributed by atoms with van der Waals surface area (Å²) in [6.07, 6.45) is 5.19. The van der Waals surface area contributed by atoms with Gasteiger partial charge in [0.15, 0.2) is 0 Å². The van der Waals surface area contributed by atoms with Gasteiger partial charge < -0.3 is 0 Å². The van der Waals surface area contributed by atoms with Crippen LogP contribution >= 0.6 is 11.6 Å². The fraction of sp³-hybridized carbons (Fsp3) is 0.238. The van der Waals surface area contributed by atoms with Gasteiger partial charge in [-0.2, -0.15) is 10.5 Å². The minimum absolute atomic E-state index is 0.0875. The minimum Gasteiger partial charge on any atom is -0.192 e. The molecule has 1 saturated carbocycles. The summed E-state index contributed by atoms with van der Waals surface area (Å²) in [5.41, 5.74) is 4.48. The molecule has 116 valence electrons. The summed E-state index contributed by atoms with van der Waals surface area (Å²) in [6, 6.07) is 16.2. The molecule has 0 heterocycles. The van der Waals surface area contributed by atoms with Crippen molar-refractivity contribution in [1.82, 2.24) is 0 Å². The number of rotatable bonds is 1. The van der Waals surface area contributed by atoms with Crippen LogP contribution in [0.4, 0.5) is 0 Å². The first-order valence-corrected chi connectivity index (χ1v) is 8.41. The van der Waals surface area contributed by atoms with E-state index in [-0.39, 0.29) is 5.41 Å². The van der Waals surface area contributed by atoms with Gasteiger partial charge in [-0.3, -0.25) is 0 Å². The van der Waals surface area contributed by atoms with E-state index in [0.29, 0.717) is 23.0 Å². The average molecular weight is 331 g/mol. The Morgan fingerprint density at radius 2 is 1.71 bits per heavy atom. The molecule has 2 nitrogen and oxygen atoms in total. The largest absolute Gasteiger partial charge is 0.192 e. The molecule has 0 N–H and O–H groups in total. The van der Waals surface area contributed by atoms with Crippen molar-refractivity contribution in [2.45, 2.75) is 24.7 Å². The summed E-state index contributed by atoms with van der Waals surface area (Å²) < 4.78 is 0. The molecule has 4 rings (SSSR count). The van der Waals surface area contributed by atoms with Crippen molar-refractivity contribution in [3.05, 3.63) is 75.3 Å². The Hall–Kier alpha value is -2.55. The fourth-order valence-corrected chi connectivity index (χ4v) is 4.42. The van der Waals surface area contributed by atoms with E-state index in [4.69, 9.17) is 11.6 Å². The Morgan fingerprint density at radius 1 is 1.04 bits per heavy atom. The molecular weight excluding hydrogens is 316 g/mol. The van der Waals surface area contributed by atoms with Gasteiger partial charge in [0.05, 0.1) is 23.3 Å². The monoisotopic (exact) mass is 330 g/mol. The lowest BCUT2D eigenvalue weighted by Crippen LogP contribution is -2.24. The highest BCUT2D eigenvalue weighted by atomic mass is 35.5. The summed E-state index contributed by atoms with van der Waals surface area (Å²) in [5, 5.41) is 19.8. The Labute approximate surface area is 146 Å². The quantitative estimate of drug-likeness (QED) is 0.724. The van der Waals surface area contributed by atoms with Crippen LogP contribution in [0.5, 0.6) is 0 Å². The van der Waals surface area contributed by atoms with Crippen LogP contribution < -0.4 is 0 Å². The minimum atomic E-state index is -0.0875. The first kappa shape index (κ1) is 15.0. The van der Waals surface area contributed by atoms with Gasteiger partial charge in [0.1, 0.15) is 0 Å². The summed E-state index contributed by atoms with van der Waals surface area (Å²) in [7, 11) is 0. The molecule has 0 aromatic heterocycles. The lowest BCUT2D eigenvalue weighted by molar-refractivity contribution is 0.508. The summed E-state index contributed by atoms with van der Waals surface area (Å²) in [5.74, 6) is 0.682. The molecule has 2 aliphatic carbocycles. The Bertz CT molecular complexity index is 944. The normalized spacial score (nSPS) is 26.5. The molecule has 3 heteroatoms. The zero-order valence-corrected chi connectivity index (χ0v) is 14.0. The number of benzene rings is 2. The lowest BCUT2D eigenvalue weighted by atomic mass is 9.72. The van der Waals surface area contributed by atoms with E-state index < -0.39 is 0 Å². The molecule has 0 amide bonds. The van der Waals surface area contributed by atoms with Crippen molar-refractivity contribution in [2.24, 2.45) is 5.92 Å². The van der Waals surface area contributed by atoms with E-state index in [2.05, 4.69) is 37.3 Å². The van der Waals surface area contributed by atoms with Crippen LogP contribution in [0.3, 0.4) is 0 Å². The number of nitriles is 2. The second-order valence-electron chi connectivity index (χ2n) is 6.67. The number of halogens is 1.